The Balaban J connectivity index is 1.67. The molecule has 5 heteroatoms. The number of aliphatic hydroxyl groups is 1. The number of carbonyl (C=O) groups excluding carboxylic acids is 1. The molecule has 2 aromatic carbocycles. The van der Waals surface area contributed by atoms with Gasteiger partial charge in [0.2, 0.25) is 0 Å². The Bertz CT molecular complexity index is 675. The molecule has 1 fully saturated rings. The van der Waals surface area contributed by atoms with E-state index in [2.05, 4.69) is 0 Å². The molecule has 0 bridgehead atoms. The van der Waals surface area contributed by atoms with Crippen LogP contribution >= 0.6 is 0 Å². The fraction of sp³-hybridized carbons (Fsp3) is 0.350. The number of hydrogen-bond donors (Lipinski definition) is 1. The molecule has 0 saturated carbocycles. The van der Waals surface area contributed by atoms with Crippen molar-refractivity contribution < 1.29 is 19.4 Å². The molecule has 0 aromatic heterocycles. The summed E-state index contributed by atoms with van der Waals surface area (Å²) in [4.78, 5) is 13.9. The van der Waals surface area contributed by atoms with Crippen LogP contribution in [0.1, 0.15) is 18.1 Å². The first-order valence-electron chi connectivity index (χ1n) is 8.46. The van der Waals surface area contributed by atoms with Crippen molar-refractivity contribution in [1.82, 2.24) is 4.90 Å². The van der Waals surface area contributed by atoms with E-state index in [9.17, 15) is 9.90 Å². The maximum absolute atomic E-state index is 12.3. The van der Waals surface area contributed by atoms with Gasteiger partial charge in [-0.3, -0.25) is 4.90 Å². The Morgan fingerprint density at radius 3 is 2.28 bits per heavy atom. The second-order valence-electron chi connectivity index (χ2n) is 6.27. The summed E-state index contributed by atoms with van der Waals surface area (Å²) in [6, 6.07) is 19.3. The predicted octanol–water partition coefficient (Wildman–Crippen LogP) is 2.97. The minimum absolute atomic E-state index is 0.309. The monoisotopic (exact) mass is 341 g/mol. The first-order valence-corrected chi connectivity index (χ1v) is 8.46. The average Bonchev–Trinajstić information content (AvgIpc) is 2.93. The summed E-state index contributed by atoms with van der Waals surface area (Å²) >= 11 is 0. The molecule has 1 amide bonds. The summed E-state index contributed by atoms with van der Waals surface area (Å²) in [7, 11) is 0. The average molecular weight is 341 g/mol. The van der Waals surface area contributed by atoms with Crippen LogP contribution in [0.5, 0.6) is 0 Å². The Morgan fingerprint density at radius 2 is 1.68 bits per heavy atom. The number of nitrogens with zero attached hydrogens (tertiary/aromatic N) is 1. The number of amides is 1. The van der Waals surface area contributed by atoms with Crippen LogP contribution in [-0.4, -0.2) is 41.0 Å². The van der Waals surface area contributed by atoms with Crippen LogP contribution in [0.25, 0.3) is 0 Å². The molecule has 0 spiro atoms. The minimum atomic E-state index is -0.755. The van der Waals surface area contributed by atoms with Crippen molar-refractivity contribution in [2.45, 2.75) is 38.3 Å². The van der Waals surface area contributed by atoms with Crippen molar-refractivity contribution in [3.05, 3.63) is 71.8 Å². The highest BCUT2D eigenvalue weighted by atomic mass is 16.6. The van der Waals surface area contributed by atoms with Crippen LogP contribution in [0, 0.1) is 0 Å². The second kappa shape index (κ2) is 8.14. The van der Waals surface area contributed by atoms with Gasteiger partial charge in [-0.1, -0.05) is 60.7 Å². The SMILES string of the molecule is C[C@@H](O)[C@H]1OC(=O)N(Cc2ccccc2)[C@H]1COCc1ccccc1. The lowest BCUT2D eigenvalue weighted by molar-refractivity contribution is -0.00157. The predicted molar refractivity (Wildman–Crippen MR) is 93.8 cm³/mol. The molecule has 0 radical (unpaired) electrons. The highest BCUT2D eigenvalue weighted by Crippen LogP contribution is 2.25. The number of rotatable bonds is 7. The molecule has 1 N–H and O–H groups in total. The lowest BCUT2D eigenvalue weighted by Gasteiger charge is -2.25. The van der Waals surface area contributed by atoms with Crippen LogP contribution < -0.4 is 0 Å². The van der Waals surface area contributed by atoms with Crippen molar-refractivity contribution in [3.8, 4) is 0 Å². The van der Waals surface area contributed by atoms with Gasteiger partial charge in [0, 0.05) is 6.54 Å². The van der Waals surface area contributed by atoms with E-state index in [0.29, 0.717) is 19.8 Å². The fourth-order valence-corrected chi connectivity index (χ4v) is 3.01. The van der Waals surface area contributed by atoms with E-state index in [4.69, 9.17) is 9.47 Å². The van der Waals surface area contributed by atoms with E-state index in [1.54, 1.807) is 11.8 Å². The van der Waals surface area contributed by atoms with Crippen molar-refractivity contribution in [1.29, 1.82) is 0 Å². The molecule has 25 heavy (non-hydrogen) atoms. The number of hydrogen-bond acceptors (Lipinski definition) is 4. The first-order chi connectivity index (χ1) is 12.1. The molecule has 0 unspecified atom stereocenters. The molecule has 1 aliphatic heterocycles. The topological polar surface area (TPSA) is 59.0 Å². The summed E-state index contributed by atoms with van der Waals surface area (Å²) < 4.78 is 11.2. The van der Waals surface area contributed by atoms with E-state index in [1.165, 1.54) is 0 Å². The number of carbonyl (C=O) groups is 1. The van der Waals surface area contributed by atoms with Crippen molar-refractivity contribution in [2.75, 3.05) is 6.61 Å². The molecular formula is C20H23NO4. The smallest absolute Gasteiger partial charge is 0.410 e. The summed E-state index contributed by atoms with van der Waals surface area (Å²) in [5.74, 6) is 0. The summed E-state index contributed by atoms with van der Waals surface area (Å²) in [6.45, 7) is 2.83. The zero-order chi connectivity index (χ0) is 17.6. The first kappa shape index (κ1) is 17.5. The van der Waals surface area contributed by atoms with Gasteiger partial charge in [-0.15, -0.1) is 0 Å². The van der Waals surface area contributed by atoms with Crippen LogP contribution in [0.3, 0.4) is 0 Å². The molecule has 5 nitrogen and oxygen atoms in total. The third-order valence-electron chi connectivity index (χ3n) is 4.32. The lowest BCUT2D eigenvalue weighted by atomic mass is 10.1. The van der Waals surface area contributed by atoms with Gasteiger partial charge in [0.25, 0.3) is 0 Å². The zero-order valence-corrected chi connectivity index (χ0v) is 14.2. The van der Waals surface area contributed by atoms with Gasteiger partial charge in [-0.25, -0.2) is 4.79 Å². The normalized spacial score (nSPS) is 21.2. The van der Waals surface area contributed by atoms with Gasteiger partial charge >= 0.3 is 6.09 Å². The standard InChI is InChI=1S/C20H23NO4/c1-15(22)19-18(14-24-13-17-10-6-3-7-11-17)21(20(23)25-19)12-16-8-4-2-5-9-16/h2-11,15,18-19,22H,12-14H2,1H3/t15-,18+,19-/m1/s1. The molecule has 2 aromatic rings. The second-order valence-corrected chi connectivity index (χ2v) is 6.27. The fourth-order valence-electron chi connectivity index (χ4n) is 3.01. The van der Waals surface area contributed by atoms with Gasteiger partial charge in [-0.2, -0.15) is 0 Å². The minimum Gasteiger partial charge on any atom is -0.441 e. The number of cyclic esters (lactones) is 1. The molecule has 0 aliphatic carbocycles. The Morgan fingerprint density at radius 1 is 1.08 bits per heavy atom. The Labute approximate surface area is 147 Å². The van der Waals surface area contributed by atoms with Gasteiger partial charge < -0.3 is 14.6 Å². The number of ether oxygens (including phenoxy) is 2. The Kier molecular flexibility index (Phi) is 5.68. The highest BCUT2D eigenvalue weighted by Gasteiger charge is 2.44. The van der Waals surface area contributed by atoms with E-state index < -0.39 is 18.3 Å². The quantitative estimate of drug-likeness (QED) is 0.841. The van der Waals surface area contributed by atoms with E-state index >= 15 is 0 Å². The lowest BCUT2D eigenvalue weighted by Crippen LogP contribution is -2.43. The highest BCUT2D eigenvalue weighted by molar-refractivity contribution is 5.71. The third-order valence-corrected chi connectivity index (χ3v) is 4.32. The summed E-state index contributed by atoms with van der Waals surface area (Å²) in [5, 5.41) is 9.98. The number of aliphatic hydroxyl groups excluding tert-OH is 1. The summed E-state index contributed by atoms with van der Waals surface area (Å²) in [5.41, 5.74) is 2.08. The number of benzene rings is 2. The van der Waals surface area contributed by atoms with Gasteiger partial charge in [-0.05, 0) is 18.1 Å². The Hall–Kier alpha value is -2.37. The van der Waals surface area contributed by atoms with Crippen LogP contribution in [0.2, 0.25) is 0 Å². The van der Waals surface area contributed by atoms with Crippen LogP contribution in [0.4, 0.5) is 4.79 Å². The largest absolute Gasteiger partial charge is 0.441 e. The van der Waals surface area contributed by atoms with Gasteiger partial charge in [0.1, 0.15) is 0 Å². The van der Waals surface area contributed by atoms with Crippen LogP contribution in [0.15, 0.2) is 60.7 Å². The van der Waals surface area contributed by atoms with E-state index in [0.717, 1.165) is 11.1 Å². The molecule has 3 atom stereocenters. The molecular weight excluding hydrogens is 318 g/mol. The van der Waals surface area contributed by atoms with Gasteiger partial charge in [0.05, 0.1) is 25.4 Å². The summed E-state index contributed by atoms with van der Waals surface area (Å²) in [6.07, 6.45) is -1.76. The van der Waals surface area contributed by atoms with E-state index in [-0.39, 0.29) is 6.04 Å². The maximum Gasteiger partial charge on any atom is 0.410 e. The third kappa shape index (κ3) is 4.38. The zero-order valence-electron chi connectivity index (χ0n) is 14.2. The maximum atomic E-state index is 12.3. The molecule has 3 rings (SSSR count). The van der Waals surface area contributed by atoms with E-state index in [1.807, 2.05) is 60.7 Å². The molecule has 1 aliphatic rings. The van der Waals surface area contributed by atoms with Gasteiger partial charge in [0.15, 0.2) is 6.10 Å². The van der Waals surface area contributed by atoms with Crippen molar-refractivity contribution in [3.63, 3.8) is 0 Å². The molecule has 1 saturated heterocycles. The molecule has 132 valence electrons. The van der Waals surface area contributed by atoms with Crippen molar-refractivity contribution in [2.24, 2.45) is 0 Å². The van der Waals surface area contributed by atoms with Crippen LogP contribution in [-0.2, 0) is 22.6 Å². The molecule has 1 heterocycles. The van der Waals surface area contributed by atoms with Crippen molar-refractivity contribution >= 4 is 6.09 Å².